The van der Waals surface area contributed by atoms with Crippen LogP contribution in [0, 0.1) is 0 Å². The zero-order valence-electron chi connectivity index (χ0n) is 12.7. The molecule has 0 aromatic heterocycles. The predicted octanol–water partition coefficient (Wildman–Crippen LogP) is 2.81. The van der Waals surface area contributed by atoms with E-state index in [2.05, 4.69) is 12.2 Å². The van der Waals surface area contributed by atoms with Crippen molar-refractivity contribution >= 4 is 11.8 Å². The summed E-state index contributed by atoms with van der Waals surface area (Å²) in [4.78, 5) is 23.3. The second kappa shape index (κ2) is 7.02. The van der Waals surface area contributed by atoms with E-state index in [0.717, 1.165) is 24.0 Å². The van der Waals surface area contributed by atoms with Crippen molar-refractivity contribution in [2.75, 3.05) is 6.54 Å². The second-order valence-electron chi connectivity index (χ2n) is 5.80. The van der Waals surface area contributed by atoms with Crippen LogP contribution in [0.3, 0.4) is 0 Å². The van der Waals surface area contributed by atoms with E-state index >= 15 is 0 Å². The first-order valence-corrected chi connectivity index (χ1v) is 7.48. The number of amides is 2. The van der Waals surface area contributed by atoms with Gasteiger partial charge in [0.1, 0.15) is 13.0 Å². The van der Waals surface area contributed by atoms with Crippen LogP contribution in [0.2, 0.25) is 0 Å². The third-order valence-corrected chi connectivity index (χ3v) is 3.93. The zero-order valence-corrected chi connectivity index (χ0v) is 12.7. The third-order valence-electron chi connectivity index (χ3n) is 3.93. The summed E-state index contributed by atoms with van der Waals surface area (Å²) in [6.45, 7) is 0.685. The fraction of sp³-hybridized carbons (Fsp3) is 0.500. The molecular formula is C16H19F3N2O2. The van der Waals surface area contributed by atoms with Gasteiger partial charge in [-0.1, -0.05) is 31.2 Å². The molecule has 0 aliphatic heterocycles. The molecule has 2 N–H and O–H groups in total. The van der Waals surface area contributed by atoms with Crippen molar-refractivity contribution in [2.24, 2.45) is 0 Å². The monoisotopic (exact) mass is 328 g/mol. The molecule has 0 spiro atoms. The average molecular weight is 328 g/mol. The first kappa shape index (κ1) is 17.3. The molecule has 1 aliphatic carbocycles. The lowest BCUT2D eigenvalue weighted by molar-refractivity contribution is -0.140. The minimum absolute atomic E-state index is 0.203. The fourth-order valence-electron chi connectivity index (χ4n) is 2.81. The molecule has 0 saturated heterocycles. The first-order valence-electron chi connectivity index (χ1n) is 7.48. The molecule has 0 saturated carbocycles. The Bertz CT molecular complexity index is 587. The van der Waals surface area contributed by atoms with Crippen molar-refractivity contribution in [3.05, 3.63) is 35.4 Å². The van der Waals surface area contributed by atoms with Gasteiger partial charge in [0.05, 0.1) is 6.04 Å². The summed E-state index contributed by atoms with van der Waals surface area (Å²) in [5.41, 5.74) is 2.17. The van der Waals surface area contributed by atoms with Gasteiger partial charge in [-0.05, 0) is 29.9 Å². The Morgan fingerprint density at radius 2 is 1.78 bits per heavy atom. The lowest BCUT2D eigenvalue weighted by atomic mass is 9.81. The molecule has 0 unspecified atom stereocenters. The van der Waals surface area contributed by atoms with Gasteiger partial charge >= 0.3 is 6.18 Å². The number of benzene rings is 1. The quantitative estimate of drug-likeness (QED) is 0.835. The lowest BCUT2D eigenvalue weighted by Gasteiger charge is -2.30. The topological polar surface area (TPSA) is 58.2 Å². The van der Waals surface area contributed by atoms with E-state index in [1.165, 1.54) is 0 Å². The Balaban J connectivity index is 1.91. The third kappa shape index (κ3) is 4.97. The number of rotatable bonds is 4. The van der Waals surface area contributed by atoms with E-state index in [0.29, 0.717) is 5.92 Å². The number of carbonyl (C=O) groups excluding carboxylic acids is 2. The van der Waals surface area contributed by atoms with Gasteiger partial charge in [-0.25, -0.2) is 0 Å². The lowest BCUT2D eigenvalue weighted by Crippen LogP contribution is -2.38. The minimum Gasteiger partial charge on any atom is -0.349 e. The van der Waals surface area contributed by atoms with Crippen LogP contribution in [-0.4, -0.2) is 24.5 Å². The van der Waals surface area contributed by atoms with Crippen molar-refractivity contribution in [3.8, 4) is 0 Å². The van der Waals surface area contributed by atoms with Crippen LogP contribution in [0.1, 0.15) is 49.3 Å². The van der Waals surface area contributed by atoms with Crippen LogP contribution in [0.4, 0.5) is 13.2 Å². The number of halogens is 3. The number of fused-ring (bicyclic) bond motifs is 1. The average Bonchev–Trinajstić information content (AvgIpc) is 2.48. The molecule has 23 heavy (non-hydrogen) atoms. The maximum atomic E-state index is 12.0. The summed E-state index contributed by atoms with van der Waals surface area (Å²) in [7, 11) is 0. The van der Waals surface area contributed by atoms with Crippen LogP contribution in [0.25, 0.3) is 0 Å². The predicted molar refractivity (Wildman–Crippen MR) is 78.7 cm³/mol. The Morgan fingerprint density at radius 3 is 2.43 bits per heavy atom. The molecule has 0 bridgehead atoms. The number of carbonyl (C=O) groups is 2. The summed E-state index contributed by atoms with van der Waals surface area (Å²) in [5.74, 6) is -1.11. The maximum Gasteiger partial charge on any atom is 0.405 e. The van der Waals surface area contributed by atoms with Crippen molar-refractivity contribution in [2.45, 2.75) is 44.3 Å². The summed E-state index contributed by atoms with van der Waals surface area (Å²) < 4.78 is 36.0. The van der Waals surface area contributed by atoms with Gasteiger partial charge in [0.15, 0.2) is 0 Å². The van der Waals surface area contributed by atoms with Gasteiger partial charge < -0.3 is 10.6 Å². The van der Waals surface area contributed by atoms with Gasteiger partial charge in [0.2, 0.25) is 11.8 Å². The Morgan fingerprint density at radius 1 is 1.13 bits per heavy atom. The van der Waals surface area contributed by atoms with E-state index < -0.39 is 31.0 Å². The van der Waals surface area contributed by atoms with Gasteiger partial charge in [-0.2, -0.15) is 13.2 Å². The number of hydrogen-bond acceptors (Lipinski definition) is 2. The fourth-order valence-corrected chi connectivity index (χ4v) is 2.81. The van der Waals surface area contributed by atoms with Crippen molar-refractivity contribution < 1.29 is 22.8 Å². The van der Waals surface area contributed by atoms with Crippen molar-refractivity contribution in [1.82, 2.24) is 10.6 Å². The summed E-state index contributed by atoms with van der Waals surface area (Å²) >= 11 is 0. The Labute approximate surface area is 132 Å². The summed E-state index contributed by atoms with van der Waals surface area (Å²) in [6, 6.07) is 7.55. The van der Waals surface area contributed by atoms with E-state index in [4.69, 9.17) is 0 Å². The van der Waals surface area contributed by atoms with Crippen LogP contribution in [0.15, 0.2) is 24.3 Å². The molecule has 0 radical (unpaired) electrons. The highest BCUT2D eigenvalue weighted by Crippen LogP contribution is 2.36. The van der Waals surface area contributed by atoms with Crippen LogP contribution in [0.5, 0.6) is 0 Å². The SMILES string of the molecule is C[C@@H]1CC[C@@H](NC(=O)CC(=O)NCC(F)(F)F)c2ccccc21. The molecule has 7 heteroatoms. The van der Waals surface area contributed by atoms with Gasteiger partial charge in [-0.15, -0.1) is 0 Å². The van der Waals surface area contributed by atoms with Gasteiger partial charge in [-0.3, -0.25) is 9.59 Å². The highest BCUT2D eigenvalue weighted by Gasteiger charge is 2.29. The number of hydrogen-bond donors (Lipinski definition) is 2. The summed E-state index contributed by atoms with van der Waals surface area (Å²) in [5, 5.41) is 4.43. The Kier molecular flexibility index (Phi) is 5.28. The molecule has 2 rings (SSSR count). The molecule has 1 aromatic rings. The molecular weight excluding hydrogens is 309 g/mol. The summed E-state index contributed by atoms with van der Waals surface area (Å²) in [6.07, 6.45) is -3.44. The largest absolute Gasteiger partial charge is 0.405 e. The van der Waals surface area contributed by atoms with Crippen molar-refractivity contribution in [3.63, 3.8) is 0 Å². The molecule has 1 aromatic carbocycles. The number of nitrogens with one attached hydrogen (secondary N) is 2. The van der Waals surface area contributed by atoms with Crippen LogP contribution < -0.4 is 10.6 Å². The Hall–Kier alpha value is -2.05. The molecule has 4 nitrogen and oxygen atoms in total. The molecule has 2 amide bonds. The smallest absolute Gasteiger partial charge is 0.349 e. The highest BCUT2D eigenvalue weighted by atomic mass is 19.4. The molecule has 1 aliphatic rings. The van der Waals surface area contributed by atoms with Crippen LogP contribution >= 0.6 is 0 Å². The maximum absolute atomic E-state index is 12.0. The van der Waals surface area contributed by atoms with Gasteiger partial charge in [0, 0.05) is 0 Å². The number of alkyl halides is 3. The molecule has 2 atom stereocenters. The van der Waals surface area contributed by atoms with E-state index in [-0.39, 0.29) is 6.04 Å². The molecule has 0 heterocycles. The van der Waals surface area contributed by atoms with Crippen molar-refractivity contribution in [1.29, 1.82) is 0 Å². The zero-order chi connectivity index (χ0) is 17.0. The highest BCUT2D eigenvalue weighted by molar-refractivity contribution is 5.97. The van der Waals surface area contributed by atoms with Gasteiger partial charge in [0.25, 0.3) is 0 Å². The standard InChI is InChI=1S/C16H19F3N2O2/c1-10-6-7-13(12-5-3-2-4-11(10)12)21-15(23)8-14(22)20-9-16(17,18)19/h2-5,10,13H,6-9H2,1H3,(H,20,22)(H,21,23)/t10-,13-/m1/s1. The van der Waals surface area contributed by atoms with E-state index in [1.54, 1.807) is 5.32 Å². The second-order valence-corrected chi connectivity index (χ2v) is 5.80. The van der Waals surface area contributed by atoms with Crippen LogP contribution in [-0.2, 0) is 9.59 Å². The van der Waals surface area contributed by atoms with E-state index in [1.807, 2.05) is 24.3 Å². The first-order chi connectivity index (χ1) is 10.8. The molecule has 126 valence electrons. The minimum atomic E-state index is -4.48. The van der Waals surface area contributed by atoms with E-state index in [9.17, 15) is 22.8 Å². The molecule has 0 fully saturated rings. The normalized spacial score (nSPS) is 20.5.